The van der Waals surface area contributed by atoms with E-state index in [0.717, 1.165) is 17.0 Å². The number of nitrogens with zero attached hydrogens (tertiary/aromatic N) is 2. The number of carbonyl (C=O) groups excluding carboxylic acids is 1. The predicted octanol–water partition coefficient (Wildman–Crippen LogP) is 3.67. The highest BCUT2D eigenvalue weighted by molar-refractivity contribution is 5.97. The van der Waals surface area contributed by atoms with Crippen molar-refractivity contribution < 1.29 is 14.3 Å². The van der Waals surface area contributed by atoms with Crippen molar-refractivity contribution in [2.75, 3.05) is 32.2 Å². The average molecular weight is 350 g/mol. The highest BCUT2D eigenvalue weighted by atomic mass is 16.5. The van der Waals surface area contributed by atoms with E-state index in [-0.39, 0.29) is 12.2 Å². The van der Waals surface area contributed by atoms with Crippen LogP contribution in [0.5, 0.6) is 5.75 Å². The number of anilines is 1. The van der Waals surface area contributed by atoms with Crippen LogP contribution in [0.1, 0.15) is 12.0 Å². The fourth-order valence-corrected chi connectivity index (χ4v) is 2.18. The number of hydrogen-bond acceptors (Lipinski definition) is 5. The van der Waals surface area contributed by atoms with Crippen LogP contribution in [0.15, 0.2) is 60.2 Å². The Labute approximate surface area is 154 Å². The molecule has 2 rings (SSSR count). The van der Waals surface area contributed by atoms with Gasteiger partial charge in [-0.1, -0.05) is 30.3 Å². The summed E-state index contributed by atoms with van der Waals surface area (Å²) in [6.07, 6.45) is 2.08. The first kappa shape index (κ1) is 19.1. The van der Waals surface area contributed by atoms with Gasteiger partial charge in [0.05, 0.1) is 13.2 Å². The molecule has 0 atom stereocenters. The molecule has 0 unspecified atom stereocenters. The second-order valence-corrected chi connectivity index (χ2v) is 5.81. The van der Waals surface area contributed by atoms with E-state index in [1.54, 1.807) is 0 Å². The number of ether oxygens (including phenoxy) is 2. The number of hydrogen-bond donors (Lipinski definition) is 0. The smallest absolute Gasteiger partial charge is 0.348 e. The highest BCUT2D eigenvalue weighted by Crippen LogP contribution is 2.15. The van der Waals surface area contributed by atoms with E-state index in [9.17, 15) is 10.1 Å². The van der Waals surface area contributed by atoms with Gasteiger partial charge in [-0.15, -0.1) is 0 Å². The highest BCUT2D eigenvalue weighted by Gasteiger charge is 2.10. The van der Waals surface area contributed by atoms with E-state index in [4.69, 9.17) is 9.47 Å². The van der Waals surface area contributed by atoms with Gasteiger partial charge in [0.25, 0.3) is 0 Å². The lowest BCUT2D eigenvalue weighted by atomic mass is 10.1. The second-order valence-electron chi connectivity index (χ2n) is 5.81. The molecule has 0 heterocycles. The minimum Gasteiger partial charge on any atom is -0.493 e. The molecule has 0 N–H and O–H groups in total. The van der Waals surface area contributed by atoms with E-state index < -0.39 is 5.97 Å². The third-order valence-electron chi connectivity index (χ3n) is 3.59. The summed E-state index contributed by atoms with van der Waals surface area (Å²) in [5.41, 5.74) is 1.80. The maximum Gasteiger partial charge on any atom is 0.348 e. The van der Waals surface area contributed by atoms with Gasteiger partial charge in [0.1, 0.15) is 17.4 Å². The average Bonchev–Trinajstić information content (AvgIpc) is 2.66. The molecule has 2 aromatic rings. The standard InChI is InChI=1S/C21H22N2O3/c1-23(2)19-11-9-17(10-12-19)15-18(16-22)21(24)26-14-6-13-25-20-7-4-3-5-8-20/h3-5,7-12,15H,6,13-14H2,1-2H3. The van der Waals surface area contributed by atoms with Gasteiger partial charge in [0, 0.05) is 26.2 Å². The Morgan fingerprint density at radius 3 is 2.38 bits per heavy atom. The van der Waals surface area contributed by atoms with Crippen molar-refractivity contribution in [1.29, 1.82) is 5.26 Å². The van der Waals surface area contributed by atoms with Gasteiger partial charge >= 0.3 is 5.97 Å². The summed E-state index contributed by atoms with van der Waals surface area (Å²) in [5.74, 6) is 0.154. The van der Waals surface area contributed by atoms with Crippen molar-refractivity contribution in [1.82, 2.24) is 0 Å². The molecule has 5 heteroatoms. The molecule has 0 aromatic heterocycles. The molecule has 5 nitrogen and oxygen atoms in total. The van der Waals surface area contributed by atoms with Gasteiger partial charge in [-0.05, 0) is 35.9 Å². The molecule has 0 aliphatic carbocycles. The van der Waals surface area contributed by atoms with Crippen LogP contribution in [0.4, 0.5) is 5.69 Å². The second kappa shape index (κ2) is 9.90. The summed E-state index contributed by atoms with van der Waals surface area (Å²) >= 11 is 0. The van der Waals surface area contributed by atoms with Gasteiger partial charge in [-0.2, -0.15) is 5.26 Å². The van der Waals surface area contributed by atoms with Crippen LogP contribution in [0, 0.1) is 11.3 Å². The summed E-state index contributed by atoms with van der Waals surface area (Å²) in [6.45, 7) is 0.638. The molecule has 0 aliphatic rings. The fourth-order valence-electron chi connectivity index (χ4n) is 2.18. The molecular weight excluding hydrogens is 328 g/mol. The Kier molecular flexibility index (Phi) is 7.26. The third kappa shape index (κ3) is 5.99. The van der Waals surface area contributed by atoms with Crippen molar-refractivity contribution in [2.24, 2.45) is 0 Å². The van der Waals surface area contributed by atoms with Crippen LogP contribution in [-0.2, 0) is 9.53 Å². The van der Waals surface area contributed by atoms with Crippen molar-refractivity contribution >= 4 is 17.7 Å². The molecule has 134 valence electrons. The molecular formula is C21H22N2O3. The molecule has 26 heavy (non-hydrogen) atoms. The van der Waals surface area contributed by atoms with E-state index >= 15 is 0 Å². The Hall–Kier alpha value is -3.26. The third-order valence-corrected chi connectivity index (χ3v) is 3.59. The summed E-state index contributed by atoms with van der Waals surface area (Å²) in [5, 5.41) is 9.20. The first-order chi connectivity index (χ1) is 12.6. The summed E-state index contributed by atoms with van der Waals surface area (Å²) in [6, 6.07) is 18.9. The number of para-hydroxylation sites is 1. The minimum atomic E-state index is -0.621. The van der Waals surface area contributed by atoms with Crippen molar-refractivity contribution in [3.8, 4) is 11.8 Å². The lowest BCUT2D eigenvalue weighted by Crippen LogP contribution is -2.10. The van der Waals surface area contributed by atoms with E-state index in [1.807, 2.05) is 79.7 Å². The minimum absolute atomic E-state index is 0.0217. The lowest BCUT2D eigenvalue weighted by molar-refractivity contribution is -0.138. The number of rotatable bonds is 8. The van der Waals surface area contributed by atoms with Crippen LogP contribution in [-0.4, -0.2) is 33.3 Å². The summed E-state index contributed by atoms with van der Waals surface area (Å²) < 4.78 is 10.7. The van der Waals surface area contributed by atoms with Gasteiger partial charge in [0.2, 0.25) is 0 Å². The first-order valence-corrected chi connectivity index (χ1v) is 8.34. The number of carbonyl (C=O) groups is 1. The quantitative estimate of drug-likeness (QED) is 0.315. The largest absolute Gasteiger partial charge is 0.493 e. The van der Waals surface area contributed by atoms with Crippen LogP contribution in [0.2, 0.25) is 0 Å². The fraction of sp³-hybridized carbons (Fsp3) is 0.238. The zero-order valence-electron chi connectivity index (χ0n) is 15.0. The number of benzene rings is 2. The monoisotopic (exact) mass is 350 g/mol. The van der Waals surface area contributed by atoms with Crippen LogP contribution >= 0.6 is 0 Å². The van der Waals surface area contributed by atoms with Crippen LogP contribution in [0.3, 0.4) is 0 Å². The normalized spacial score (nSPS) is 10.7. The van der Waals surface area contributed by atoms with Gasteiger partial charge < -0.3 is 14.4 Å². The van der Waals surface area contributed by atoms with Crippen molar-refractivity contribution in [2.45, 2.75) is 6.42 Å². The molecule has 0 amide bonds. The molecule has 2 aromatic carbocycles. The molecule has 0 saturated carbocycles. The maximum atomic E-state index is 12.0. The Morgan fingerprint density at radius 1 is 1.08 bits per heavy atom. The van der Waals surface area contributed by atoms with Crippen LogP contribution < -0.4 is 9.64 Å². The molecule has 0 fully saturated rings. The summed E-state index contributed by atoms with van der Waals surface area (Å²) in [7, 11) is 3.90. The zero-order valence-corrected chi connectivity index (χ0v) is 15.0. The summed E-state index contributed by atoms with van der Waals surface area (Å²) in [4.78, 5) is 14.0. The molecule has 0 aliphatic heterocycles. The van der Waals surface area contributed by atoms with E-state index in [2.05, 4.69) is 0 Å². The van der Waals surface area contributed by atoms with E-state index in [0.29, 0.717) is 13.0 Å². The lowest BCUT2D eigenvalue weighted by Gasteiger charge is -2.11. The maximum absolute atomic E-state index is 12.0. The van der Waals surface area contributed by atoms with E-state index in [1.165, 1.54) is 6.08 Å². The van der Waals surface area contributed by atoms with Gasteiger partial charge in [-0.25, -0.2) is 4.79 Å². The Balaban J connectivity index is 1.81. The van der Waals surface area contributed by atoms with Crippen molar-refractivity contribution in [3.63, 3.8) is 0 Å². The Bertz CT molecular complexity index is 775. The Morgan fingerprint density at radius 2 is 1.77 bits per heavy atom. The van der Waals surface area contributed by atoms with Gasteiger partial charge in [-0.3, -0.25) is 0 Å². The predicted molar refractivity (Wildman–Crippen MR) is 102 cm³/mol. The zero-order chi connectivity index (χ0) is 18.8. The number of esters is 1. The topological polar surface area (TPSA) is 62.6 Å². The SMILES string of the molecule is CN(C)c1ccc(C=C(C#N)C(=O)OCCCOc2ccccc2)cc1. The molecule has 0 spiro atoms. The van der Waals surface area contributed by atoms with Crippen LogP contribution in [0.25, 0.3) is 6.08 Å². The number of nitriles is 1. The molecule has 0 bridgehead atoms. The first-order valence-electron chi connectivity index (χ1n) is 8.34. The molecule has 0 radical (unpaired) electrons. The van der Waals surface area contributed by atoms with Crippen molar-refractivity contribution in [3.05, 3.63) is 65.7 Å². The molecule has 0 saturated heterocycles. The van der Waals surface area contributed by atoms with Gasteiger partial charge in [0.15, 0.2) is 0 Å².